The Bertz CT molecular complexity index is 444. The highest BCUT2D eigenvalue weighted by atomic mass is 16.5. The monoisotopic (exact) mass is 557 g/mol. The lowest BCUT2D eigenvalue weighted by Gasteiger charge is -2.19. The summed E-state index contributed by atoms with van der Waals surface area (Å²) < 4.78 is 5.34. The zero-order chi connectivity index (χ0) is 28.7. The minimum absolute atomic E-state index is 0.214. The molecular formula is C35H72O4. The van der Waals surface area contributed by atoms with E-state index >= 15 is 0 Å². The van der Waals surface area contributed by atoms with Gasteiger partial charge in [-0.05, 0) is 24.7 Å². The average Bonchev–Trinajstić information content (AvgIpc) is 2.94. The van der Waals surface area contributed by atoms with Gasteiger partial charge in [0, 0.05) is 13.2 Å². The molecule has 0 aliphatic heterocycles. The molecule has 0 saturated carbocycles. The summed E-state index contributed by atoms with van der Waals surface area (Å²) in [6.45, 7) is 6.08. The first-order chi connectivity index (χ1) is 19.1. The number of hydrogen-bond acceptors (Lipinski definition) is 4. The second-order valence-corrected chi connectivity index (χ2v) is 12.7. The third-order valence-corrected chi connectivity index (χ3v) is 8.76. The Morgan fingerprint density at radius 1 is 0.436 bits per heavy atom. The minimum Gasteiger partial charge on any atom is -0.396 e. The number of rotatable bonds is 33. The average molecular weight is 557 g/mol. The third-order valence-electron chi connectivity index (χ3n) is 8.76. The summed E-state index contributed by atoms with van der Waals surface area (Å²) in [5.41, 5.74) is 0. The van der Waals surface area contributed by atoms with Gasteiger partial charge in [0.2, 0.25) is 0 Å². The minimum atomic E-state index is -0.725. The number of aliphatic hydroxyl groups excluding tert-OH is 3. The van der Waals surface area contributed by atoms with Gasteiger partial charge in [-0.25, -0.2) is 0 Å². The highest BCUT2D eigenvalue weighted by molar-refractivity contribution is 4.63. The lowest BCUT2D eigenvalue weighted by Crippen LogP contribution is -2.19. The number of aliphatic hydroxyl groups is 3. The Balaban J connectivity index is 3.28. The highest BCUT2D eigenvalue weighted by Gasteiger charge is 2.11. The van der Waals surface area contributed by atoms with E-state index in [0.717, 1.165) is 24.7 Å². The molecule has 0 radical (unpaired) electrons. The number of ether oxygens (including phenoxy) is 1. The fourth-order valence-corrected chi connectivity index (χ4v) is 5.63. The van der Waals surface area contributed by atoms with Gasteiger partial charge in [0.25, 0.3) is 0 Å². The molecule has 0 fully saturated rings. The Kier molecular flexibility index (Phi) is 32.2. The van der Waals surface area contributed by atoms with Crippen molar-refractivity contribution in [2.45, 2.75) is 187 Å². The van der Waals surface area contributed by atoms with Gasteiger partial charge in [0.05, 0.1) is 13.2 Å². The molecule has 0 amide bonds. The second-order valence-electron chi connectivity index (χ2n) is 12.7. The zero-order valence-corrected chi connectivity index (χ0v) is 26.7. The summed E-state index contributed by atoms with van der Waals surface area (Å²) in [7, 11) is 0. The molecule has 3 atom stereocenters. The van der Waals surface area contributed by atoms with Crippen LogP contribution in [0.4, 0.5) is 0 Å². The van der Waals surface area contributed by atoms with E-state index in [-0.39, 0.29) is 13.2 Å². The van der Waals surface area contributed by atoms with Gasteiger partial charge in [-0.3, -0.25) is 0 Å². The van der Waals surface area contributed by atoms with Crippen LogP contribution in [0.15, 0.2) is 0 Å². The molecule has 0 bridgehead atoms. The Labute approximate surface area is 245 Å². The lowest BCUT2D eigenvalue weighted by molar-refractivity contribution is 0.00526. The maximum Gasteiger partial charge on any atom is 0.100 e. The smallest absolute Gasteiger partial charge is 0.100 e. The summed E-state index contributed by atoms with van der Waals surface area (Å²) in [5, 5.41) is 26.7. The van der Waals surface area contributed by atoms with E-state index in [2.05, 4.69) is 13.8 Å². The van der Waals surface area contributed by atoms with Crippen molar-refractivity contribution in [3.63, 3.8) is 0 Å². The first-order valence-corrected chi connectivity index (χ1v) is 17.6. The summed E-state index contributed by atoms with van der Waals surface area (Å²) in [4.78, 5) is 0. The van der Waals surface area contributed by atoms with E-state index in [1.54, 1.807) is 0 Å². The fourth-order valence-electron chi connectivity index (χ4n) is 5.63. The molecule has 39 heavy (non-hydrogen) atoms. The van der Waals surface area contributed by atoms with E-state index in [1.165, 1.54) is 154 Å². The molecule has 0 rings (SSSR count). The Morgan fingerprint density at radius 3 is 1.08 bits per heavy atom. The van der Waals surface area contributed by atoms with Gasteiger partial charge in [-0.15, -0.1) is 0 Å². The Morgan fingerprint density at radius 2 is 0.744 bits per heavy atom. The predicted octanol–water partition coefficient (Wildman–Crippen LogP) is 9.76. The summed E-state index contributed by atoms with van der Waals surface area (Å²) >= 11 is 0. The fraction of sp³-hybridized carbons (Fsp3) is 1.00. The van der Waals surface area contributed by atoms with Crippen molar-refractivity contribution >= 4 is 0 Å². The van der Waals surface area contributed by atoms with Crippen LogP contribution in [0.25, 0.3) is 0 Å². The van der Waals surface area contributed by atoms with Crippen molar-refractivity contribution in [1.82, 2.24) is 0 Å². The first kappa shape index (κ1) is 38.8. The van der Waals surface area contributed by atoms with Gasteiger partial charge < -0.3 is 20.1 Å². The van der Waals surface area contributed by atoms with Crippen molar-refractivity contribution in [3.05, 3.63) is 0 Å². The van der Waals surface area contributed by atoms with E-state index in [0.29, 0.717) is 13.2 Å². The van der Waals surface area contributed by atoms with Crippen LogP contribution in [0.2, 0.25) is 0 Å². The quantitative estimate of drug-likeness (QED) is 0.0704. The van der Waals surface area contributed by atoms with Gasteiger partial charge in [0.1, 0.15) is 6.10 Å². The largest absolute Gasteiger partial charge is 0.396 e. The molecule has 0 aromatic rings. The van der Waals surface area contributed by atoms with Gasteiger partial charge in [0.15, 0.2) is 0 Å². The first-order valence-electron chi connectivity index (χ1n) is 17.6. The van der Waals surface area contributed by atoms with Crippen molar-refractivity contribution < 1.29 is 20.1 Å². The maximum absolute atomic E-state index is 9.21. The third kappa shape index (κ3) is 30.6. The summed E-state index contributed by atoms with van der Waals surface area (Å²) in [6.07, 6.45) is 34.6. The van der Waals surface area contributed by atoms with E-state index in [9.17, 15) is 5.11 Å². The van der Waals surface area contributed by atoms with Crippen molar-refractivity contribution in [2.24, 2.45) is 11.8 Å². The van der Waals surface area contributed by atoms with E-state index in [1.807, 2.05) is 0 Å². The van der Waals surface area contributed by atoms with Crippen LogP contribution in [-0.4, -0.2) is 47.9 Å². The van der Waals surface area contributed by atoms with Gasteiger partial charge in [-0.2, -0.15) is 0 Å². The van der Waals surface area contributed by atoms with Crippen LogP contribution in [0, 0.1) is 11.8 Å². The zero-order valence-electron chi connectivity index (χ0n) is 26.7. The lowest BCUT2D eigenvalue weighted by atomic mass is 9.86. The maximum atomic E-state index is 9.21. The molecule has 3 N–H and O–H groups in total. The number of hydrogen-bond donors (Lipinski definition) is 3. The molecule has 2 unspecified atom stereocenters. The molecule has 0 aromatic heterocycles. The summed E-state index contributed by atoms with van der Waals surface area (Å²) in [6, 6.07) is 0. The molecular weight excluding hydrogens is 484 g/mol. The van der Waals surface area contributed by atoms with Crippen LogP contribution in [0.1, 0.15) is 181 Å². The molecule has 4 nitrogen and oxygen atoms in total. The van der Waals surface area contributed by atoms with E-state index < -0.39 is 6.10 Å². The molecule has 0 aliphatic carbocycles. The van der Waals surface area contributed by atoms with E-state index in [4.69, 9.17) is 14.9 Å². The number of unbranched alkanes of at least 4 members (excludes halogenated alkanes) is 22. The van der Waals surface area contributed by atoms with Gasteiger partial charge in [-0.1, -0.05) is 168 Å². The van der Waals surface area contributed by atoms with Crippen LogP contribution in [-0.2, 0) is 4.74 Å². The van der Waals surface area contributed by atoms with Crippen LogP contribution in [0.3, 0.4) is 0 Å². The summed E-state index contributed by atoms with van der Waals surface area (Å²) in [5.74, 6) is 1.78. The standard InChI is InChI=1S/C35H72O4/c1-33(27-23-19-15-11-7-3-5-9-13-17-21-25-29-36)34(2)28-24-20-16-12-8-4-6-10-14-18-22-26-30-39-32-35(38)31-37/h33-38H,3-32H2,1-2H3/t33?,34?,35-/m0/s1. The molecule has 0 aromatic carbocycles. The molecule has 0 spiro atoms. The van der Waals surface area contributed by atoms with Crippen LogP contribution < -0.4 is 0 Å². The van der Waals surface area contributed by atoms with Crippen molar-refractivity contribution in [3.8, 4) is 0 Å². The normalized spacial score (nSPS) is 14.1. The molecule has 236 valence electrons. The van der Waals surface area contributed by atoms with Crippen LogP contribution >= 0.6 is 0 Å². The SMILES string of the molecule is CC(CCCCCCCCCCCCCCO)C(C)CCCCCCCCCCCCCCOC[C@@H](O)CO. The highest BCUT2D eigenvalue weighted by Crippen LogP contribution is 2.24. The predicted molar refractivity (Wildman–Crippen MR) is 169 cm³/mol. The molecule has 0 saturated heterocycles. The second kappa shape index (κ2) is 32.4. The molecule has 0 heterocycles. The molecule has 0 aliphatic rings. The van der Waals surface area contributed by atoms with Gasteiger partial charge >= 0.3 is 0 Å². The van der Waals surface area contributed by atoms with Crippen molar-refractivity contribution in [1.29, 1.82) is 0 Å². The van der Waals surface area contributed by atoms with Crippen LogP contribution in [0.5, 0.6) is 0 Å². The Hall–Kier alpha value is -0.160. The van der Waals surface area contributed by atoms with Crippen molar-refractivity contribution in [2.75, 3.05) is 26.4 Å². The topological polar surface area (TPSA) is 69.9 Å². The molecule has 4 heteroatoms.